The van der Waals surface area contributed by atoms with Crippen molar-refractivity contribution in [2.75, 3.05) is 9.80 Å². The molecule has 2 nitrogen and oxygen atoms in total. The Morgan fingerprint density at radius 1 is 0.710 bits per heavy atom. The highest BCUT2D eigenvalue weighted by Gasteiger charge is 2.56. The molecule has 0 fully saturated rings. The van der Waals surface area contributed by atoms with E-state index in [1.54, 1.807) is 0 Å². The number of aryl methyl sites for hydroxylation is 1. The van der Waals surface area contributed by atoms with Crippen LogP contribution in [0.3, 0.4) is 0 Å². The van der Waals surface area contributed by atoms with Crippen LogP contribution < -0.4 is 9.80 Å². The molecule has 3 aromatic rings. The molecular weight excluding hydrogens is 376 g/mol. The highest BCUT2D eigenvalue weighted by atomic mass is 15.4. The Hall–Kier alpha value is -3.00. The minimum Gasteiger partial charge on any atom is -0.322 e. The lowest BCUT2D eigenvalue weighted by molar-refractivity contribution is 0.322. The average Bonchev–Trinajstić information content (AvgIpc) is 3.21. The number of nitrogens with zero attached hydrogens (tertiary/aromatic N) is 2. The maximum Gasteiger partial charge on any atom is 0.115 e. The lowest BCUT2D eigenvalue weighted by Crippen LogP contribution is -2.49. The van der Waals surface area contributed by atoms with Gasteiger partial charge in [-0.2, -0.15) is 0 Å². The van der Waals surface area contributed by atoms with Crippen LogP contribution in [-0.2, 0) is 5.41 Å². The van der Waals surface area contributed by atoms with Crippen molar-refractivity contribution in [3.8, 4) is 0 Å². The van der Waals surface area contributed by atoms with Crippen LogP contribution >= 0.6 is 0 Å². The van der Waals surface area contributed by atoms with Gasteiger partial charge in [-0.15, -0.1) is 0 Å². The van der Waals surface area contributed by atoms with E-state index in [-0.39, 0.29) is 17.0 Å². The zero-order valence-electron chi connectivity index (χ0n) is 19.5. The fourth-order valence-corrected chi connectivity index (χ4v) is 5.78. The highest BCUT2D eigenvalue weighted by Crippen LogP contribution is 2.59. The first-order valence-corrected chi connectivity index (χ1v) is 11.3. The van der Waals surface area contributed by atoms with Gasteiger partial charge in [0, 0.05) is 22.5 Å². The number of fused-ring (bicyclic) bond motifs is 3. The fraction of sp³-hybridized carbons (Fsp3) is 0.310. The standard InChI is InChI=1S/C29H32N2/c1-20-14-10-12-18-24(20)30-21(2)26-29(6,22-15-8-7-9-16-22)23-17-11-13-19-25(23)31(26)27(30)28(3,4)5/h7-19,27H,1-6H3. The van der Waals surface area contributed by atoms with E-state index in [1.807, 2.05) is 0 Å². The Kier molecular flexibility index (Phi) is 4.34. The van der Waals surface area contributed by atoms with E-state index in [4.69, 9.17) is 0 Å². The lowest BCUT2D eigenvalue weighted by atomic mass is 9.75. The van der Waals surface area contributed by atoms with Gasteiger partial charge in [0.2, 0.25) is 0 Å². The molecule has 3 aromatic carbocycles. The number of allylic oxidation sites excluding steroid dienone is 2. The van der Waals surface area contributed by atoms with Crippen molar-refractivity contribution in [3.05, 3.63) is 107 Å². The van der Waals surface area contributed by atoms with Crippen LogP contribution in [0.1, 0.15) is 51.3 Å². The van der Waals surface area contributed by atoms with Gasteiger partial charge in [0.05, 0.1) is 11.1 Å². The second-order valence-electron chi connectivity index (χ2n) is 10.2. The molecule has 0 N–H and O–H groups in total. The third-order valence-corrected chi connectivity index (χ3v) is 7.11. The monoisotopic (exact) mass is 408 g/mol. The van der Waals surface area contributed by atoms with Gasteiger partial charge in [0.25, 0.3) is 0 Å². The Morgan fingerprint density at radius 3 is 1.94 bits per heavy atom. The topological polar surface area (TPSA) is 6.48 Å². The molecule has 0 saturated heterocycles. The van der Waals surface area contributed by atoms with Gasteiger partial charge in [-0.3, -0.25) is 0 Å². The van der Waals surface area contributed by atoms with Crippen molar-refractivity contribution in [1.29, 1.82) is 0 Å². The molecule has 31 heavy (non-hydrogen) atoms. The van der Waals surface area contributed by atoms with E-state index in [9.17, 15) is 0 Å². The van der Waals surface area contributed by atoms with Gasteiger partial charge in [-0.05, 0) is 49.6 Å². The molecule has 0 amide bonds. The number of anilines is 2. The minimum atomic E-state index is -0.192. The highest BCUT2D eigenvalue weighted by molar-refractivity contribution is 5.81. The predicted octanol–water partition coefficient (Wildman–Crippen LogP) is 7.24. The molecule has 2 aliphatic rings. The normalized spacial score (nSPS) is 22.7. The zero-order chi connectivity index (χ0) is 22.0. The van der Waals surface area contributed by atoms with Crippen molar-refractivity contribution >= 4 is 11.4 Å². The molecule has 0 saturated carbocycles. The van der Waals surface area contributed by atoms with Crippen molar-refractivity contribution in [2.45, 2.75) is 53.1 Å². The summed E-state index contributed by atoms with van der Waals surface area (Å²) in [4.78, 5) is 5.21. The maximum absolute atomic E-state index is 2.63. The Balaban J connectivity index is 1.84. The lowest BCUT2D eigenvalue weighted by Gasteiger charge is -2.42. The van der Waals surface area contributed by atoms with Crippen LogP contribution in [0.2, 0.25) is 0 Å². The molecule has 2 aliphatic heterocycles. The summed E-state index contributed by atoms with van der Waals surface area (Å²) in [5, 5.41) is 0. The molecule has 158 valence electrons. The molecule has 0 spiro atoms. The number of para-hydroxylation sites is 2. The van der Waals surface area contributed by atoms with Crippen LogP contribution in [0.15, 0.2) is 90.3 Å². The molecule has 0 aliphatic carbocycles. The molecule has 2 heteroatoms. The predicted molar refractivity (Wildman–Crippen MR) is 131 cm³/mol. The zero-order valence-corrected chi connectivity index (χ0v) is 19.5. The summed E-state index contributed by atoms with van der Waals surface area (Å²) in [5.74, 6) is 0. The number of hydrogen-bond acceptors (Lipinski definition) is 2. The van der Waals surface area contributed by atoms with Crippen LogP contribution in [0.25, 0.3) is 0 Å². The van der Waals surface area contributed by atoms with Crippen molar-refractivity contribution in [1.82, 2.24) is 0 Å². The summed E-state index contributed by atoms with van der Waals surface area (Å²) in [6.45, 7) is 14.0. The van der Waals surface area contributed by atoms with E-state index in [0.717, 1.165) is 0 Å². The SMILES string of the molecule is CC1=C2N(c3ccccc3C2(C)c2ccccc2)C(C(C)(C)C)N1c1ccccc1C. The van der Waals surface area contributed by atoms with E-state index in [2.05, 4.69) is 130 Å². The molecule has 0 aromatic heterocycles. The first kappa shape index (κ1) is 19.9. The number of benzene rings is 3. The third kappa shape index (κ3) is 2.70. The van der Waals surface area contributed by atoms with Crippen molar-refractivity contribution in [2.24, 2.45) is 5.41 Å². The van der Waals surface area contributed by atoms with E-state index >= 15 is 0 Å². The summed E-state index contributed by atoms with van der Waals surface area (Å²) in [6.07, 6.45) is 0.204. The first-order chi connectivity index (χ1) is 14.8. The molecule has 0 bridgehead atoms. The summed E-state index contributed by atoms with van der Waals surface area (Å²) in [5.41, 5.74) is 9.29. The van der Waals surface area contributed by atoms with Gasteiger partial charge >= 0.3 is 0 Å². The summed E-state index contributed by atoms with van der Waals surface area (Å²) < 4.78 is 0. The summed E-state index contributed by atoms with van der Waals surface area (Å²) in [6, 6.07) is 28.8. The Morgan fingerprint density at radius 2 is 1.29 bits per heavy atom. The minimum absolute atomic E-state index is 0.0420. The Bertz CT molecular complexity index is 1170. The molecule has 5 rings (SSSR count). The van der Waals surface area contributed by atoms with Gasteiger partial charge in [0.1, 0.15) is 6.17 Å². The second-order valence-corrected chi connectivity index (χ2v) is 10.2. The Labute approximate surface area is 186 Å². The molecule has 2 atom stereocenters. The van der Waals surface area contributed by atoms with Crippen LogP contribution in [0.4, 0.5) is 11.4 Å². The third-order valence-electron chi connectivity index (χ3n) is 7.11. The largest absolute Gasteiger partial charge is 0.322 e. The molecular formula is C29H32N2. The summed E-state index contributed by atoms with van der Waals surface area (Å²) in [7, 11) is 0. The number of hydrogen-bond donors (Lipinski definition) is 0. The maximum atomic E-state index is 2.63. The van der Waals surface area contributed by atoms with Gasteiger partial charge in [-0.1, -0.05) is 87.5 Å². The van der Waals surface area contributed by atoms with Crippen molar-refractivity contribution < 1.29 is 0 Å². The second kappa shape index (κ2) is 6.75. The molecule has 0 radical (unpaired) electrons. The molecule has 2 heterocycles. The quantitative estimate of drug-likeness (QED) is 0.441. The fourth-order valence-electron chi connectivity index (χ4n) is 5.78. The molecule has 2 unspecified atom stereocenters. The number of rotatable bonds is 2. The van der Waals surface area contributed by atoms with E-state index in [0.29, 0.717) is 0 Å². The van der Waals surface area contributed by atoms with E-state index < -0.39 is 0 Å². The van der Waals surface area contributed by atoms with Gasteiger partial charge < -0.3 is 9.80 Å². The van der Waals surface area contributed by atoms with E-state index in [1.165, 1.54) is 39.5 Å². The van der Waals surface area contributed by atoms with Gasteiger partial charge in [0.15, 0.2) is 0 Å². The first-order valence-electron chi connectivity index (χ1n) is 11.3. The van der Waals surface area contributed by atoms with Gasteiger partial charge in [-0.25, -0.2) is 0 Å². The smallest absolute Gasteiger partial charge is 0.115 e. The van der Waals surface area contributed by atoms with Crippen molar-refractivity contribution in [3.63, 3.8) is 0 Å². The van der Waals surface area contributed by atoms with Crippen LogP contribution in [-0.4, -0.2) is 6.17 Å². The van der Waals surface area contributed by atoms with Crippen LogP contribution in [0, 0.1) is 12.3 Å². The van der Waals surface area contributed by atoms with Crippen LogP contribution in [0.5, 0.6) is 0 Å². The summed E-state index contributed by atoms with van der Waals surface area (Å²) >= 11 is 0. The average molecular weight is 409 g/mol.